The van der Waals surface area contributed by atoms with Crippen LogP contribution < -0.4 is 10.1 Å². The minimum absolute atomic E-state index is 0.0684. The highest BCUT2D eigenvalue weighted by Gasteiger charge is 2.27. The molecule has 0 amide bonds. The van der Waals surface area contributed by atoms with Gasteiger partial charge in [0, 0.05) is 17.8 Å². The average molecular weight is 303 g/mol. The quantitative estimate of drug-likeness (QED) is 0.874. The highest BCUT2D eigenvalue weighted by molar-refractivity contribution is 5.70. The van der Waals surface area contributed by atoms with Gasteiger partial charge >= 0.3 is 12.6 Å². The molecule has 1 aromatic carbocycles. The fourth-order valence-corrected chi connectivity index (χ4v) is 2.56. The summed E-state index contributed by atoms with van der Waals surface area (Å²) in [6, 6.07) is 3.57. The van der Waals surface area contributed by atoms with E-state index in [0.717, 1.165) is 25.0 Å². The van der Waals surface area contributed by atoms with Crippen molar-refractivity contribution < 1.29 is 27.8 Å². The van der Waals surface area contributed by atoms with Crippen LogP contribution in [0.3, 0.4) is 0 Å². The number of nitrogens with one attached hydrogen (secondary N) is 1. The Balaban J connectivity index is 1.99. The van der Waals surface area contributed by atoms with Gasteiger partial charge in [0.1, 0.15) is 0 Å². The van der Waals surface area contributed by atoms with Crippen LogP contribution in [-0.4, -0.2) is 23.7 Å². The minimum atomic E-state index is -3.08. The number of ether oxygens (including phenoxy) is 1. The molecule has 2 N–H and O–H groups in total. The van der Waals surface area contributed by atoms with E-state index >= 15 is 0 Å². The Labute approximate surface area is 119 Å². The fraction of sp³-hybridized carbons (Fsp3) is 0.500. The van der Waals surface area contributed by atoms with Crippen LogP contribution in [0.1, 0.15) is 25.7 Å². The van der Waals surface area contributed by atoms with E-state index in [1.165, 1.54) is 6.07 Å². The Morgan fingerprint density at radius 3 is 2.76 bits per heavy atom. The molecule has 1 aliphatic carbocycles. The molecule has 0 spiro atoms. The van der Waals surface area contributed by atoms with Gasteiger partial charge in [0.2, 0.25) is 0 Å². The van der Waals surface area contributed by atoms with Crippen molar-refractivity contribution in [1.29, 1.82) is 0 Å². The molecule has 0 aromatic heterocycles. The van der Waals surface area contributed by atoms with Gasteiger partial charge in [-0.25, -0.2) is 4.39 Å². The van der Waals surface area contributed by atoms with Crippen LogP contribution >= 0.6 is 0 Å². The normalized spacial score (nSPS) is 22.1. The number of carboxylic acid groups (broad SMARTS) is 1. The van der Waals surface area contributed by atoms with Crippen LogP contribution in [-0.2, 0) is 4.79 Å². The summed E-state index contributed by atoms with van der Waals surface area (Å²) in [5, 5.41) is 12.1. The highest BCUT2D eigenvalue weighted by atomic mass is 19.3. The third-order valence-electron chi connectivity index (χ3n) is 3.54. The van der Waals surface area contributed by atoms with Crippen molar-refractivity contribution in [2.24, 2.45) is 5.92 Å². The molecule has 0 heterocycles. The molecule has 0 aliphatic heterocycles. The number of halogens is 3. The van der Waals surface area contributed by atoms with E-state index in [1.807, 2.05) is 0 Å². The smallest absolute Gasteiger partial charge is 0.387 e. The van der Waals surface area contributed by atoms with E-state index in [4.69, 9.17) is 5.11 Å². The molecule has 0 bridgehead atoms. The van der Waals surface area contributed by atoms with Crippen LogP contribution in [0, 0.1) is 11.7 Å². The SMILES string of the molecule is O=C(O)C1CCCC(Nc2ccc(OC(F)F)c(F)c2)C1. The fourth-order valence-electron chi connectivity index (χ4n) is 2.56. The van der Waals surface area contributed by atoms with E-state index in [0.29, 0.717) is 18.5 Å². The zero-order valence-electron chi connectivity index (χ0n) is 11.2. The van der Waals surface area contributed by atoms with E-state index in [-0.39, 0.29) is 6.04 Å². The summed E-state index contributed by atoms with van der Waals surface area (Å²) in [6.07, 6.45) is 2.68. The molecule has 2 atom stereocenters. The van der Waals surface area contributed by atoms with Crippen molar-refractivity contribution in [3.05, 3.63) is 24.0 Å². The molecule has 0 saturated heterocycles. The first-order chi connectivity index (χ1) is 9.95. The molecule has 1 aliphatic rings. The van der Waals surface area contributed by atoms with Gasteiger partial charge in [-0.1, -0.05) is 6.42 Å². The molecule has 116 valence electrons. The minimum Gasteiger partial charge on any atom is -0.481 e. The summed E-state index contributed by atoms with van der Waals surface area (Å²) < 4.78 is 41.7. The lowest BCUT2D eigenvalue weighted by Gasteiger charge is -2.28. The van der Waals surface area contributed by atoms with Gasteiger partial charge in [0.05, 0.1) is 5.92 Å². The van der Waals surface area contributed by atoms with Gasteiger partial charge in [0.15, 0.2) is 11.6 Å². The molecule has 7 heteroatoms. The molecule has 2 unspecified atom stereocenters. The van der Waals surface area contributed by atoms with Gasteiger partial charge in [-0.05, 0) is 31.4 Å². The van der Waals surface area contributed by atoms with Crippen molar-refractivity contribution in [2.45, 2.75) is 38.3 Å². The topological polar surface area (TPSA) is 58.6 Å². The summed E-state index contributed by atoms with van der Waals surface area (Å²) in [4.78, 5) is 11.0. The van der Waals surface area contributed by atoms with Gasteiger partial charge in [-0.3, -0.25) is 4.79 Å². The van der Waals surface area contributed by atoms with E-state index in [2.05, 4.69) is 10.1 Å². The third kappa shape index (κ3) is 4.27. The predicted molar refractivity (Wildman–Crippen MR) is 70.0 cm³/mol. The van der Waals surface area contributed by atoms with Gasteiger partial charge in [-0.15, -0.1) is 0 Å². The summed E-state index contributed by atoms with van der Waals surface area (Å²) in [5.74, 6) is -2.62. The second-order valence-electron chi connectivity index (χ2n) is 5.07. The number of carbonyl (C=O) groups is 1. The monoisotopic (exact) mass is 303 g/mol. The molecular formula is C14H16F3NO3. The summed E-state index contributed by atoms with van der Waals surface area (Å²) in [6.45, 7) is -3.08. The Morgan fingerprint density at radius 2 is 2.14 bits per heavy atom. The first-order valence-electron chi connectivity index (χ1n) is 6.69. The summed E-state index contributed by atoms with van der Waals surface area (Å²) >= 11 is 0. The number of aliphatic carboxylic acids is 1. The molecule has 21 heavy (non-hydrogen) atoms. The van der Waals surface area contributed by atoms with Crippen LogP contribution in [0.2, 0.25) is 0 Å². The Kier molecular flexibility index (Phi) is 4.93. The Morgan fingerprint density at radius 1 is 1.38 bits per heavy atom. The van der Waals surface area contributed by atoms with E-state index < -0.39 is 30.1 Å². The second kappa shape index (κ2) is 6.69. The van der Waals surface area contributed by atoms with Crippen molar-refractivity contribution in [2.75, 3.05) is 5.32 Å². The lowest BCUT2D eigenvalue weighted by atomic mass is 9.85. The Bertz CT molecular complexity index is 510. The molecule has 1 fully saturated rings. The molecule has 1 aromatic rings. The first kappa shape index (κ1) is 15.5. The van der Waals surface area contributed by atoms with Crippen molar-refractivity contribution >= 4 is 11.7 Å². The lowest BCUT2D eigenvalue weighted by molar-refractivity contribution is -0.142. The van der Waals surface area contributed by atoms with Crippen LogP contribution in [0.15, 0.2) is 18.2 Å². The van der Waals surface area contributed by atoms with Crippen molar-refractivity contribution in [1.82, 2.24) is 0 Å². The standard InChI is InChI=1S/C14H16F3NO3/c15-11-7-10(4-5-12(11)21-14(16)17)18-9-3-1-2-8(6-9)13(19)20/h4-5,7-9,14,18H,1-3,6H2,(H,19,20). The van der Waals surface area contributed by atoms with E-state index in [1.54, 1.807) is 0 Å². The van der Waals surface area contributed by atoms with Gasteiger partial charge in [-0.2, -0.15) is 8.78 Å². The maximum absolute atomic E-state index is 13.6. The molecule has 4 nitrogen and oxygen atoms in total. The lowest BCUT2D eigenvalue weighted by Crippen LogP contribution is -2.30. The van der Waals surface area contributed by atoms with E-state index in [9.17, 15) is 18.0 Å². The summed E-state index contributed by atoms with van der Waals surface area (Å²) in [7, 11) is 0. The van der Waals surface area contributed by atoms with Crippen LogP contribution in [0.5, 0.6) is 5.75 Å². The number of benzene rings is 1. The molecule has 1 saturated carbocycles. The number of alkyl halides is 2. The highest BCUT2D eigenvalue weighted by Crippen LogP contribution is 2.28. The van der Waals surface area contributed by atoms with Crippen LogP contribution in [0.25, 0.3) is 0 Å². The zero-order valence-corrected chi connectivity index (χ0v) is 11.2. The van der Waals surface area contributed by atoms with Crippen molar-refractivity contribution in [3.8, 4) is 5.75 Å². The summed E-state index contributed by atoms with van der Waals surface area (Å²) in [5.41, 5.74) is 0.421. The largest absolute Gasteiger partial charge is 0.481 e. The average Bonchev–Trinajstić information content (AvgIpc) is 2.42. The number of hydrogen-bond acceptors (Lipinski definition) is 3. The second-order valence-corrected chi connectivity index (χ2v) is 5.07. The third-order valence-corrected chi connectivity index (χ3v) is 3.54. The van der Waals surface area contributed by atoms with Crippen molar-refractivity contribution in [3.63, 3.8) is 0 Å². The van der Waals surface area contributed by atoms with Gasteiger partial charge in [0.25, 0.3) is 0 Å². The predicted octanol–water partition coefficient (Wildman–Crippen LogP) is 3.48. The van der Waals surface area contributed by atoms with Gasteiger partial charge < -0.3 is 15.2 Å². The molecule has 0 radical (unpaired) electrons. The zero-order chi connectivity index (χ0) is 15.4. The number of carboxylic acids is 1. The van der Waals surface area contributed by atoms with Crippen LogP contribution in [0.4, 0.5) is 18.9 Å². The number of rotatable bonds is 5. The maximum atomic E-state index is 13.6. The molecule has 2 rings (SSSR count). The molecular weight excluding hydrogens is 287 g/mol. The number of anilines is 1. The number of hydrogen-bond donors (Lipinski definition) is 2. The first-order valence-corrected chi connectivity index (χ1v) is 6.69. The maximum Gasteiger partial charge on any atom is 0.387 e. The Hall–Kier alpha value is -1.92.